The third-order valence-corrected chi connectivity index (χ3v) is 7.32. The molecular weight excluding hydrogens is 392 g/mol. The number of rotatable bonds is 6. The summed E-state index contributed by atoms with van der Waals surface area (Å²) in [6, 6.07) is 13.9. The van der Waals surface area contributed by atoms with Crippen molar-refractivity contribution < 1.29 is 13.2 Å². The molecule has 0 unspecified atom stereocenters. The lowest BCUT2D eigenvalue weighted by molar-refractivity contribution is 0.0720. The molecule has 0 saturated carbocycles. The second-order valence-electron chi connectivity index (χ2n) is 6.97. The van der Waals surface area contributed by atoms with E-state index in [4.69, 9.17) is 0 Å². The SMILES string of the molecule is CSc1ccc(S(=O)(=O)N[C@H](C)c2ccccc2)cc1C(=O)N1CCCCC1. The topological polar surface area (TPSA) is 66.5 Å². The smallest absolute Gasteiger partial charge is 0.255 e. The molecule has 28 heavy (non-hydrogen) atoms. The van der Waals surface area contributed by atoms with E-state index in [0.717, 1.165) is 42.8 Å². The lowest BCUT2D eigenvalue weighted by Crippen LogP contribution is -2.36. The van der Waals surface area contributed by atoms with Gasteiger partial charge in [0.25, 0.3) is 5.91 Å². The normalized spacial score (nSPS) is 16.0. The molecule has 5 nitrogen and oxygen atoms in total. The molecule has 0 aromatic heterocycles. The van der Waals surface area contributed by atoms with Crippen molar-refractivity contribution in [3.05, 3.63) is 59.7 Å². The van der Waals surface area contributed by atoms with Crippen molar-refractivity contribution in [3.63, 3.8) is 0 Å². The van der Waals surface area contributed by atoms with Crippen molar-refractivity contribution in [3.8, 4) is 0 Å². The number of carbonyl (C=O) groups excluding carboxylic acids is 1. The van der Waals surface area contributed by atoms with Crippen molar-refractivity contribution in [2.75, 3.05) is 19.3 Å². The molecule has 1 heterocycles. The Morgan fingerprint density at radius 1 is 1.07 bits per heavy atom. The number of carbonyl (C=O) groups is 1. The molecule has 2 aromatic rings. The van der Waals surface area contributed by atoms with Crippen LogP contribution >= 0.6 is 11.8 Å². The third-order valence-electron chi connectivity index (χ3n) is 4.99. The Kier molecular flexibility index (Phi) is 6.80. The second kappa shape index (κ2) is 9.11. The minimum atomic E-state index is -3.75. The maximum atomic E-state index is 13.0. The minimum Gasteiger partial charge on any atom is -0.339 e. The first-order chi connectivity index (χ1) is 13.4. The van der Waals surface area contributed by atoms with Gasteiger partial charge >= 0.3 is 0 Å². The lowest BCUT2D eigenvalue weighted by Gasteiger charge is -2.27. The van der Waals surface area contributed by atoms with Gasteiger partial charge in [-0.25, -0.2) is 13.1 Å². The fraction of sp³-hybridized carbons (Fsp3) is 0.381. The number of amides is 1. The van der Waals surface area contributed by atoms with E-state index in [9.17, 15) is 13.2 Å². The van der Waals surface area contributed by atoms with Gasteiger partial charge in [-0.05, 0) is 56.2 Å². The van der Waals surface area contributed by atoms with E-state index in [-0.39, 0.29) is 16.8 Å². The Morgan fingerprint density at radius 2 is 1.75 bits per heavy atom. The molecule has 1 fully saturated rings. The Balaban J connectivity index is 1.88. The number of nitrogens with one attached hydrogen (secondary N) is 1. The number of hydrogen-bond acceptors (Lipinski definition) is 4. The van der Waals surface area contributed by atoms with Gasteiger partial charge in [-0.3, -0.25) is 4.79 Å². The quantitative estimate of drug-likeness (QED) is 0.718. The molecule has 0 bridgehead atoms. The highest BCUT2D eigenvalue weighted by Gasteiger charge is 2.24. The Bertz CT molecular complexity index is 924. The van der Waals surface area contributed by atoms with Gasteiger partial charge < -0.3 is 4.90 Å². The number of nitrogens with zero attached hydrogens (tertiary/aromatic N) is 1. The second-order valence-corrected chi connectivity index (χ2v) is 9.53. The van der Waals surface area contributed by atoms with E-state index in [1.807, 2.05) is 48.4 Å². The summed E-state index contributed by atoms with van der Waals surface area (Å²) in [6.45, 7) is 3.27. The molecule has 1 saturated heterocycles. The number of benzene rings is 2. The number of likely N-dealkylation sites (tertiary alicyclic amines) is 1. The molecule has 1 atom stereocenters. The van der Waals surface area contributed by atoms with E-state index < -0.39 is 10.0 Å². The van der Waals surface area contributed by atoms with E-state index >= 15 is 0 Å². The summed E-state index contributed by atoms with van der Waals surface area (Å²) in [7, 11) is -3.75. The van der Waals surface area contributed by atoms with Crippen LogP contribution in [0.15, 0.2) is 58.3 Å². The van der Waals surface area contributed by atoms with Gasteiger partial charge in [0.2, 0.25) is 10.0 Å². The third kappa shape index (κ3) is 4.77. The highest BCUT2D eigenvalue weighted by molar-refractivity contribution is 7.98. The summed E-state index contributed by atoms with van der Waals surface area (Å²) in [5.74, 6) is -0.0859. The Morgan fingerprint density at radius 3 is 2.39 bits per heavy atom. The number of sulfonamides is 1. The van der Waals surface area contributed by atoms with Crippen molar-refractivity contribution in [2.24, 2.45) is 0 Å². The van der Waals surface area contributed by atoms with Gasteiger partial charge in [0.1, 0.15) is 0 Å². The van der Waals surface area contributed by atoms with Crippen LogP contribution in [0.4, 0.5) is 0 Å². The molecule has 1 amide bonds. The minimum absolute atomic E-state index is 0.0859. The molecule has 1 aliphatic heterocycles. The van der Waals surface area contributed by atoms with E-state index in [0.29, 0.717) is 5.56 Å². The van der Waals surface area contributed by atoms with Crippen LogP contribution in [0.25, 0.3) is 0 Å². The van der Waals surface area contributed by atoms with Crippen LogP contribution in [-0.2, 0) is 10.0 Å². The summed E-state index contributed by atoms with van der Waals surface area (Å²) in [5.41, 5.74) is 1.35. The fourth-order valence-electron chi connectivity index (χ4n) is 3.40. The number of thioether (sulfide) groups is 1. The molecule has 0 spiro atoms. The van der Waals surface area contributed by atoms with Crippen LogP contribution in [0.1, 0.15) is 48.1 Å². The lowest BCUT2D eigenvalue weighted by atomic mass is 10.1. The maximum Gasteiger partial charge on any atom is 0.255 e. The first-order valence-electron chi connectivity index (χ1n) is 9.47. The maximum absolute atomic E-state index is 13.0. The summed E-state index contributed by atoms with van der Waals surface area (Å²) in [4.78, 5) is 15.7. The molecule has 0 radical (unpaired) electrons. The van der Waals surface area contributed by atoms with E-state index in [1.54, 1.807) is 12.1 Å². The van der Waals surface area contributed by atoms with Crippen LogP contribution in [0.2, 0.25) is 0 Å². The molecule has 2 aromatic carbocycles. The zero-order chi connectivity index (χ0) is 20.1. The van der Waals surface area contributed by atoms with Gasteiger partial charge in [-0.15, -0.1) is 11.8 Å². The van der Waals surface area contributed by atoms with Crippen molar-refractivity contribution in [1.82, 2.24) is 9.62 Å². The van der Waals surface area contributed by atoms with Crippen LogP contribution in [0.5, 0.6) is 0 Å². The predicted octanol–water partition coefficient (Wildman–Crippen LogP) is 4.07. The van der Waals surface area contributed by atoms with E-state index in [1.165, 1.54) is 17.8 Å². The van der Waals surface area contributed by atoms with Crippen molar-refractivity contribution in [2.45, 2.75) is 42.0 Å². The summed E-state index contributed by atoms with van der Waals surface area (Å²) in [6.07, 6.45) is 5.02. The summed E-state index contributed by atoms with van der Waals surface area (Å²) >= 11 is 1.46. The molecule has 1 aliphatic rings. The van der Waals surface area contributed by atoms with Crippen LogP contribution < -0.4 is 4.72 Å². The van der Waals surface area contributed by atoms with Crippen molar-refractivity contribution >= 4 is 27.7 Å². The average molecular weight is 419 g/mol. The Hall–Kier alpha value is -1.83. The van der Waals surface area contributed by atoms with Gasteiger partial charge in [-0.2, -0.15) is 0 Å². The Labute approximate surface area is 171 Å². The monoisotopic (exact) mass is 418 g/mol. The number of hydrogen-bond donors (Lipinski definition) is 1. The highest BCUT2D eigenvalue weighted by Crippen LogP contribution is 2.27. The summed E-state index contributed by atoms with van der Waals surface area (Å²) in [5, 5.41) is 0. The standard InChI is InChI=1S/C21H26N2O3S2/c1-16(17-9-5-3-6-10-17)22-28(25,26)18-11-12-20(27-2)19(15-18)21(24)23-13-7-4-8-14-23/h3,5-6,9-12,15-16,22H,4,7-8,13-14H2,1-2H3/t16-/m1/s1. The van der Waals surface area contributed by atoms with Gasteiger partial charge in [0.15, 0.2) is 0 Å². The predicted molar refractivity (Wildman–Crippen MR) is 113 cm³/mol. The largest absolute Gasteiger partial charge is 0.339 e. The van der Waals surface area contributed by atoms with Gasteiger partial charge in [0.05, 0.1) is 10.5 Å². The highest BCUT2D eigenvalue weighted by atomic mass is 32.2. The molecule has 150 valence electrons. The van der Waals surface area contributed by atoms with E-state index in [2.05, 4.69) is 4.72 Å². The van der Waals surface area contributed by atoms with Crippen LogP contribution in [-0.4, -0.2) is 38.6 Å². The van der Waals surface area contributed by atoms with Gasteiger partial charge in [-0.1, -0.05) is 30.3 Å². The molecule has 1 N–H and O–H groups in total. The first-order valence-corrected chi connectivity index (χ1v) is 12.2. The molecule has 7 heteroatoms. The van der Waals surface area contributed by atoms with Crippen LogP contribution in [0.3, 0.4) is 0 Å². The zero-order valence-electron chi connectivity index (χ0n) is 16.2. The molecule has 3 rings (SSSR count). The fourth-order valence-corrected chi connectivity index (χ4v) is 5.23. The van der Waals surface area contributed by atoms with Crippen LogP contribution in [0, 0.1) is 0 Å². The average Bonchev–Trinajstić information content (AvgIpc) is 2.73. The molecule has 0 aliphatic carbocycles. The van der Waals surface area contributed by atoms with Crippen molar-refractivity contribution in [1.29, 1.82) is 0 Å². The first kappa shape index (κ1) is 20.9. The van der Waals surface area contributed by atoms with Gasteiger partial charge in [0, 0.05) is 24.0 Å². The number of piperidine rings is 1. The molecular formula is C21H26N2O3S2. The summed E-state index contributed by atoms with van der Waals surface area (Å²) < 4.78 is 28.6. The zero-order valence-corrected chi connectivity index (χ0v) is 17.9.